The van der Waals surface area contributed by atoms with Gasteiger partial charge in [-0.25, -0.2) is 4.21 Å². The van der Waals surface area contributed by atoms with Crippen LogP contribution in [0.3, 0.4) is 0 Å². The van der Waals surface area contributed by atoms with Gasteiger partial charge in [0.2, 0.25) is 5.91 Å². The lowest BCUT2D eigenvalue weighted by Crippen LogP contribution is -2.20. The van der Waals surface area contributed by atoms with Gasteiger partial charge in [-0.15, -0.1) is 22.9 Å². The highest BCUT2D eigenvalue weighted by Gasteiger charge is 2.14. The number of nitrogens with one attached hydrogen (secondary N) is 1. The van der Waals surface area contributed by atoms with Crippen LogP contribution in [-0.4, -0.2) is 30.9 Å². The third-order valence-electron chi connectivity index (χ3n) is 1.58. The van der Waals surface area contributed by atoms with Crippen LogP contribution in [-0.2, 0) is 15.9 Å². The predicted molar refractivity (Wildman–Crippen MR) is 64.5 cm³/mol. The molecular formula is C8H10ClNO4S2. The van der Waals surface area contributed by atoms with E-state index >= 15 is 0 Å². The lowest BCUT2D eigenvalue weighted by molar-refractivity contribution is -0.116. The van der Waals surface area contributed by atoms with Gasteiger partial charge in [-0.2, -0.15) is 0 Å². The van der Waals surface area contributed by atoms with E-state index in [4.69, 9.17) is 21.3 Å². The zero-order chi connectivity index (χ0) is 12.1. The van der Waals surface area contributed by atoms with E-state index in [-0.39, 0.29) is 23.8 Å². The summed E-state index contributed by atoms with van der Waals surface area (Å²) >= 11 is 4.86. The van der Waals surface area contributed by atoms with E-state index < -0.39 is 16.5 Å². The number of amides is 1. The number of alkyl halides is 1. The van der Waals surface area contributed by atoms with Crippen molar-refractivity contribution in [2.45, 2.75) is 11.8 Å². The second kappa shape index (κ2) is 6.19. The minimum absolute atomic E-state index is 0.0491. The van der Waals surface area contributed by atoms with Crippen molar-refractivity contribution in [3.63, 3.8) is 0 Å². The maximum Gasteiger partial charge on any atom is 0.226 e. The number of hydrogen-bond donors (Lipinski definition) is 3. The molecule has 0 bridgehead atoms. The Hall–Kier alpha value is -0.630. The Bertz CT molecular complexity index is 395. The van der Waals surface area contributed by atoms with Crippen LogP contribution in [0.15, 0.2) is 11.4 Å². The van der Waals surface area contributed by atoms with Crippen molar-refractivity contribution in [1.82, 2.24) is 0 Å². The highest BCUT2D eigenvalue weighted by atomic mass is 35.5. The summed E-state index contributed by atoms with van der Waals surface area (Å²) in [6.45, 7) is 0. The Morgan fingerprint density at radius 3 is 2.88 bits per heavy atom. The molecule has 0 spiro atoms. The van der Waals surface area contributed by atoms with Crippen LogP contribution >= 0.6 is 22.9 Å². The number of halogens is 1. The summed E-state index contributed by atoms with van der Waals surface area (Å²) in [4.78, 5) is 11.4. The molecule has 0 aliphatic carbocycles. The molecule has 1 heterocycles. The number of anilines is 1. The molecule has 16 heavy (non-hydrogen) atoms. The molecule has 0 aliphatic heterocycles. The SMILES string of the molecule is O=C(CC(Cl)CS(=O)O)Nc1cc(O)cs1. The molecule has 90 valence electrons. The van der Waals surface area contributed by atoms with Crippen LogP contribution in [0.4, 0.5) is 5.00 Å². The average molecular weight is 284 g/mol. The molecule has 1 amide bonds. The fourth-order valence-electron chi connectivity index (χ4n) is 0.995. The Kier molecular flexibility index (Phi) is 5.20. The molecule has 0 saturated heterocycles. The number of rotatable bonds is 5. The first-order valence-electron chi connectivity index (χ1n) is 4.26. The zero-order valence-corrected chi connectivity index (χ0v) is 10.4. The van der Waals surface area contributed by atoms with E-state index in [1.165, 1.54) is 22.8 Å². The molecule has 2 unspecified atom stereocenters. The normalized spacial score (nSPS) is 14.4. The fraction of sp³-hybridized carbons (Fsp3) is 0.375. The molecule has 0 saturated carbocycles. The van der Waals surface area contributed by atoms with Gasteiger partial charge in [0.25, 0.3) is 0 Å². The van der Waals surface area contributed by atoms with Gasteiger partial charge in [0.1, 0.15) is 5.75 Å². The van der Waals surface area contributed by atoms with E-state index in [9.17, 15) is 9.00 Å². The molecule has 2 atom stereocenters. The lowest BCUT2D eigenvalue weighted by atomic mass is 10.3. The molecule has 0 aromatic carbocycles. The number of carbonyl (C=O) groups is 1. The summed E-state index contributed by atoms with van der Waals surface area (Å²) in [6.07, 6.45) is -0.0491. The Balaban J connectivity index is 2.38. The van der Waals surface area contributed by atoms with Crippen LogP contribution in [0.25, 0.3) is 0 Å². The van der Waals surface area contributed by atoms with Crippen LogP contribution < -0.4 is 5.32 Å². The topological polar surface area (TPSA) is 86.6 Å². The number of hydrogen-bond acceptors (Lipinski definition) is 4. The van der Waals surface area contributed by atoms with Crippen molar-refractivity contribution >= 4 is 44.9 Å². The average Bonchev–Trinajstić information content (AvgIpc) is 2.48. The summed E-state index contributed by atoms with van der Waals surface area (Å²) < 4.78 is 19.0. The number of aromatic hydroxyl groups is 1. The third kappa shape index (κ3) is 4.93. The van der Waals surface area contributed by atoms with Gasteiger partial charge < -0.3 is 15.0 Å². The first-order chi connectivity index (χ1) is 7.47. The van der Waals surface area contributed by atoms with Crippen LogP contribution in [0.5, 0.6) is 5.75 Å². The maximum absolute atomic E-state index is 11.4. The van der Waals surface area contributed by atoms with Crippen molar-refractivity contribution < 1.29 is 18.7 Å². The van der Waals surface area contributed by atoms with Gasteiger partial charge in [-0.3, -0.25) is 4.79 Å². The molecule has 0 aliphatic rings. The van der Waals surface area contributed by atoms with Gasteiger partial charge in [0.05, 0.1) is 16.1 Å². The summed E-state index contributed by atoms with van der Waals surface area (Å²) in [6, 6.07) is 1.41. The summed E-state index contributed by atoms with van der Waals surface area (Å²) in [7, 11) is 0. The largest absolute Gasteiger partial charge is 0.507 e. The quantitative estimate of drug-likeness (QED) is 0.566. The van der Waals surface area contributed by atoms with Crippen molar-refractivity contribution in [2.75, 3.05) is 11.1 Å². The second-order valence-electron chi connectivity index (χ2n) is 3.01. The lowest BCUT2D eigenvalue weighted by Gasteiger charge is -2.06. The highest BCUT2D eigenvalue weighted by molar-refractivity contribution is 7.79. The van der Waals surface area contributed by atoms with Crippen LogP contribution in [0, 0.1) is 0 Å². The van der Waals surface area contributed by atoms with Gasteiger partial charge >= 0.3 is 0 Å². The standard InChI is InChI=1S/C8H10ClNO4S2/c9-5(4-16(13)14)1-7(12)10-8-2-6(11)3-15-8/h2-3,5,11H,1,4H2,(H,10,12)(H,13,14). The van der Waals surface area contributed by atoms with E-state index in [2.05, 4.69) is 5.32 Å². The van der Waals surface area contributed by atoms with Gasteiger partial charge in [0.15, 0.2) is 11.1 Å². The molecular weight excluding hydrogens is 274 g/mol. The summed E-state index contributed by atoms with van der Waals surface area (Å²) in [5.41, 5.74) is 0. The van der Waals surface area contributed by atoms with E-state index in [1.54, 1.807) is 0 Å². The predicted octanol–water partition coefficient (Wildman–Crippen LogP) is 1.61. The van der Waals surface area contributed by atoms with Crippen LogP contribution in [0.1, 0.15) is 6.42 Å². The Morgan fingerprint density at radius 1 is 1.69 bits per heavy atom. The van der Waals surface area contributed by atoms with E-state index in [0.717, 1.165) is 0 Å². The second-order valence-corrected chi connectivity index (χ2v) is 5.51. The molecule has 0 radical (unpaired) electrons. The van der Waals surface area contributed by atoms with Gasteiger partial charge in [-0.1, -0.05) is 0 Å². The number of thiophene rings is 1. The minimum atomic E-state index is -2.00. The van der Waals surface area contributed by atoms with Gasteiger partial charge in [-0.05, 0) is 0 Å². The number of carbonyl (C=O) groups excluding carboxylic acids is 1. The van der Waals surface area contributed by atoms with Crippen molar-refractivity contribution in [1.29, 1.82) is 0 Å². The van der Waals surface area contributed by atoms with Crippen LogP contribution in [0.2, 0.25) is 0 Å². The molecule has 5 nitrogen and oxygen atoms in total. The van der Waals surface area contributed by atoms with Gasteiger partial charge in [0, 0.05) is 17.9 Å². The first-order valence-corrected chi connectivity index (χ1v) is 6.85. The zero-order valence-electron chi connectivity index (χ0n) is 8.05. The molecule has 3 N–H and O–H groups in total. The minimum Gasteiger partial charge on any atom is -0.507 e. The van der Waals surface area contributed by atoms with E-state index in [1.807, 2.05) is 0 Å². The monoisotopic (exact) mass is 283 g/mol. The van der Waals surface area contributed by atoms with E-state index in [0.29, 0.717) is 5.00 Å². The fourth-order valence-corrected chi connectivity index (χ4v) is 2.56. The molecule has 1 aromatic rings. The first kappa shape index (κ1) is 13.4. The molecule has 0 fully saturated rings. The summed E-state index contributed by atoms with van der Waals surface area (Å²) in [5.74, 6) is -0.420. The van der Waals surface area contributed by atoms with Crippen molar-refractivity contribution in [2.24, 2.45) is 0 Å². The summed E-state index contributed by atoms with van der Waals surface area (Å²) in [5, 5.41) is 12.9. The van der Waals surface area contributed by atoms with Crippen molar-refractivity contribution in [3.05, 3.63) is 11.4 Å². The third-order valence-corrected chi connectivity index (χ3v) is 3.59. The smallest absolute Gasteiger partial charge is 0.226 e. The molecule has 1 rings (SSSR count). The van der Waals surface area contributed by atoms with Crippen molar-refractivity contribution in [3.8, 4) is 5.75 Å². The molecule has 1 aromatic heterocycles. The maximum atomic E-state index is 11.4. The Labute approximate surface area is 104 Å². The molecule has 8 heteroatoms. The Morgan fingerprint density at radius 2 is 2.38 bits per heavy atom. The highest BCUT2D eigenvalue weighted by Crippen LogP contribution is 2.25.